The summed E-state index contributed by atoms with van der Waals surface area (Å²) in [6.45, 7) is 8.37. The maximum atomic E-state index is 12.0. The van der Waals surface area contributed by atoms with E-state index in [0.717, 1.165) is 19.5 Å². The second kappa shape index (κ2) is 7.70. The van der Waals surface area contributed by atoms with Gasteiger partial charge in [-0.25, -0.2) is 0 Å². The van der Waals surface area contributed by atoms with Gasteiger partial charge in [0.2, 0.25) is 5.91 Å². The first-order valence-electron chi connectivity index (χ1n) is 7.12. The van der Waals surface area contributed by atoms with E-state index in [1.807, 2.05) is 0 Å². The molecule has 2 N–H and O–H groups in total. The van der Waals surface area contributed by atoms with Crippen molar-refractivity contribution in [1.29, 1.82) is 0 Å². The molecular formula is C14H28N2O. The maximum Gasteiger partial charge on any atom is 0.237 e. The largest absolute Gasteiger partial charge is 0.354 e. The predicted octanol–water partition coefficient (Wildman–Crippen LogP) is 2.32. The molecule has 3 heteroatoms. The van der Waals surface area contributed by atoms with Crippen molar-refractivity contribution in [1.82, 2.24) is 10.6 Å². The van der Waals surface area contributed by atoms with Gasteiger partial charge in [-0.1, -0.05) is 40.0 Å². The van der Waals surface area contributed by atoms with E-state index < -0.39 is 0 Å². The van der Waals surface area contributed by atoms with Gasteiger partial charge >= 0.3 is 0 Å². The van der Waals surface area contributed by atoms with Crippen LogP contribution in [0.5, 0.6) is 0 Å². The number of hydrogen-bond donors (Lipinski definition) is 2. The number of carbonyl (C=O) groups excluding carboxylic acids is 1. The predicted molar refractivity (Wildman–Crippen MR) is 71.9 cm³/mol. The monoisotopic (exact) mass is 240 g/mol. The fourth-order valence-corrected chi connectivity index (χ4v) is 2.05. The molecule has 0 aromatic rings. The van der Waals surface area contributed by atoms with Gasteiger partial charge in [0.05, 0.1) is 6.04 Å². The Morgan fingerprint density at radius 2 is 1.94 bits per heavy atom. The van der Waals surface area contributed by atoms with Crippen LogP contribution in [-0.4, -0.2) is 25.0 Å². The molecule has 1 saturated heterocycles. The minimum atomic E-state index is 0.0367. The van der Waals surface area contributed by atoms with Crippen molar-refractivity contribution in [3.05, 3.63) is 0 Å². The SMILES string of the molecule is CC(C)C(C)CNC(=O)C1CCCCCCN1. The Bertz CT molecular complexity index is 220. The van der Waals surface area contributed by atoms with E-state index >= 15 is 0 Å². The highest BCUT2D eigenvalue weighted by Gasteiger charge is 2.19. The fraction of sp³-hybridized carbons (Fsp3) is 0.929. The lowest BCUT2D eigenvalue weighted by Gasteiger charge is -2.22. The van der Waals surface area contributed by atoms with Gasteiger partial charge in [-0.3, -0.25) is 4.79 Å². The summed E-state index contributed by atoms with van der Waals surface area (Å²) < 4.78 is 0. The highest BCUT2D eigenvalue weighted by Crippen LogP contribution is 2.11. The van der Waals surface area contributed by atoms with Crippen LogP contribution in [0.2, 0.25) is 0 Å². The molecule has 0 aliphatic carbocycles. The smallest absolute Gasteiger partial charge is 0.237 e. The van der Waals surface area contributed by atoms with E-state index in [1.165, 1.54) is 25.7 Å². The Morgan fingerprint density at radius 1 is 1.24 bits per heavy atom. The first-order chi connectivity index (χ1) is 8.11. The van der Waals surface area contributed by atoms with Crippen LogP contribution in [-0.2, 0) is 4.79 Å². The van der Waals surface area contributed by atoms with Crippen LogP contribution in [0.4, 0.5) is 0 Å². The van der Waals surface area contributed by atoms with Crippen molar-refractivity contribution < 1.29 is 4.79 Å². The van der Waals surface area contributed by atoms with E-state index in [1.54, 1.807) is 0 Å². The van der Waals surface area contributed by atoms with Crippen molar-refractivity contribution in [3.63, 3.8) is 0 Å². The van der Waals surface area contributed by atoms with Crippen LogP contribution in [0.3, 0.4) is 0 Å². The van der Waals surface area contributed by atoms with Crippen LogP contribution in [0.1, 0.15) is 52.9 Å². The molecule has 2 unspecified atom stereocenters. The molecule has 1 aliphatic rings. The number of carbonyl (C=O) groups is 1. The third kappa shape index (κ3) is 5.53. The van der Waals surface area contributed by atoms with Crippen molar-refractivity contribution in [3.8, 4) is 0 Å². The fourth-order valence-electron chi connectivity index (χ4n) is 2.05. The first kappa shape index (κ1) is 14.5. The maximum absolute atomic E-state index is 12.0. The molecule has 1 rings (SSSR count). The normalized spacial score (nSPS) is 23.9. The standard InChI is InChI=1S/C14H28N2O/c1-11(2)12(3)10-16-14(17)13-8-6-4-5-7-9-15-13/h11-13,15H,4-10H2,1-3H3,(H,16,17). The van der Waals surface area contributed by atoms with E-state index in [9.17, 15) is 4.79 Å². The van der Waals surface area contributed by atoms with Crippen molar-refractivity contribution >= 4 is 5.91 Å². The average molecular weight is 240 g/mol. The van der Waals surface area contributed by atoms with Gasteiger partial charge < -0.3 is 10.6 Å². The second-order valence-electron chi connectivity index (χ2n) is 5.68. The zero-order valence-corrected chi connectivity index (χ0v) is 11.6. The summed E-state index contributed by atoms with van der Waals surface area (Å²) in [6.07, 6.45) is 5.93. The number of amides is 1. The van der Waals surface area contributed by atoms with Gasteiger partial charge in [-0.15, -0.1) is 0 Å². The third-order valence-corrected chi connectivity index (χ3v) is 3.86. The van der Waals surface area contributed by atoms with Gasteiger partial charge in [0.1, 0.15) is 0 Å². The lowest BCUT2D eigenvalue weighted by Crippen LogP contribution is -2.46. The minimum Gasteiger partial charge on any atom is -0.354 e. The molecule has 0 aromatic carbocycles. The molecular weight excluding hydrogens is 212 g/mol. The molecule has 0 radical (unpaired) electrons. The van der Waals surface area contributed by atoms with Gasteiger partial charge in [0, 0.05) is 6.54 Å². The molecule has 0 spiro atoms. The van der Waals surface area contributed by atoms with E-state index in [2.05, 4.69) is 31.4 Å². The molecule has 0 aromatic heterocycles. The molecule has 100 valence electrons. The van der Waals surface area contributed by atoms with Crippen LogP contribution in [0.25, 0.3) is 0 Å². The lowest BCUT2D eigenvalue weighted by atomic mass is 9.98. The molecule has 17 heavy (non-hydrogen) atoms. The lowest BCUT2D eigenvalue weighted by molar-refractivity contribution is -0.123. The Balaban J connectivity index is 2.29. The zero-order chi connectivity index (χ0) is 12.7. The molecule has 2 atom stereocenters. The van der Waals surface area contributed by atoms with Crippen molar-refractivity contribution in [2.45, 2.75) is 58.9 Å². The van der Waals surface area contributed by atoms with Crippen LogP contribution in [0, 0.1) is 11.8 Å². The summed E-state index contributed by atoms with van der Waals surface area (Å²) >= 11 is 0. The summed E-state index contributed by atoms with van der Waals surface area (Å²) in [5.74, 6) is 1.37. The Hall–Kier alpha value is -0.570. The van der Waals surface area contributed by atoms with Gasteiger partial charge in [-0.2, -0.15) is 0 Å². The van der Waals surface area contributed by atoms with E-state index in [4.69, 9.17) is 0 Å². The third-order valence-electron chi connectivity index (χ3n) is 3.86. The van der Waals surface area contributed by atoms with Gasteiger partial charge in [0.15, 0.2) is 0 Å². The highest BCUT2D eigenvalue weighted by molar-refractivity contribution is 5.81. The molecule has 0 bridgehead atoms. The highest BCUT2D eigenvalue weighted by atomic mass is 16.2. The van der Waals surface area contributed by atoms with Crippen molar-refractivity contribution in [2.75, 3.05) is 13.1 Å². The van der Waals surface area contributed by atoms with Crippen molar-refractivity contribution in [2.24, 2.45) is 11.8 Å². The van der Waals surface area contributed by atoms with Crippen LogP contribution in [0.15, 0.2) is 0 Å². The van der Waals surface area contributed by atoms with E-state index in [-0.39, 0.29) is 11.9 Å². The summed E-state index contributed by atoms with van der Waals surface area (Å²) in [5, 5.41) is 6.44. The van der Waals surface area contributed by atoms with Crippen LogP contribution >= 0.6 is 0 Å². The van der Waals surface area contributed by atoms with E-state index in [0.29, 0.717) is 11.8 Å². The summed E-state index contributed by atoms with van der Waals surface area (Å²) in [6, 6.07) is 0.0367. The van der Waals surface area contributed by atoms with Gasteiger partial charge in [-0.05, 0) is 31.2 Å². The zero-order valence-electron chi connectivity index (χ0n) is 11.6. The molecule has 1 amide bonds. The Kier molecular flexibility index (Phi) is 6.56. The molecule has 3 nitrogen and oxygen atoms in total. The van der Waals surface area contributed by atoms with Crippen LogP contribution < -0.4 is 10.6 Å². The molecule has 1 aliphatic heterocycles. The Morgan fingerprint density at radius 3 is 2.65 bits per heavy atom. The topological polar surface area (TPSA) is 41.1 Å². The number of nitrogens with one attached hydrogen (secondary N) is 2. The summed E-state index contributed by atoms with van der Waals surface area (Å²) in [7, 11) is 0. The Labute approximate surface area is 106 Å². The van der Waals surface area contributed by atoms with Gasteiger partial charge in [0.25, 0.3) is 0 Å². The number of rotatable bonds is 4. The molecule has 1 heterocycles. The average Bonchev–Trinajstić information content (AvgIpc) is 2.24. The summed E-state index contributed by atoms with van der Waals surface area (Å²) in [4.78, 5) is 12.0. The number of hydrogen-bond acceptors (Lipinski definition) is 2. The summed E-state index contributed by atoms with van der Waals surface area (Å²) in [5.41, 5.74) is 0. The second-order valence-corrected chi connectivity index (χ2v) is 5.68. The first-order valence-corrected chi connectivity index (χ1v) is 7.12. The molecule has 1 fully saturated rings. The quantitative estimate of drug-likeness (QED) is 0.792. The minimum absolute atomic E-state index is 0.0367. The molecule has 0 saturated carbocycles.